The highest BCUT2D eigenvalue weighted by Crippen LogP contribution is 2.24. The summed E-state index contributed by atoms with van der Waals surface area (Å²) < 4.78 is 5.98. The third kappa shape index (κ3) is 5.07. The smallest absolute Gasteiger partial charge is 0.132 e. The van der Waals surface area contributed by atoms with Crippen LogP contribution in [0.25, 0.3) is 0 Å². The van der Waals surface area contributed by atoms with Gasteiger partial charge in [0.1, 0.15) is 23.6 Å². The van der Waals surface area contributed by atoms with Crippen molar-refractivity contribution in [3.63, 3.8) is 0 Å². The minimum absolute atomic E-state index is 0.832. The number of rotatable bonds is 7. The summed E-state index contributed by atoms with van der Waals surface area (Å²) in [6, 6.07) is 14.5. The van der Waals surface area contributed by atoms with Gasteiger partial charge in [0.05, 0.1) is 0 Å². The van der Waals surface area contributed by atoms with E-state index in [9.17, 15) is 0 Å². The summed E-state index contributed by atoms with van der Waals surface area (Å²) in [6.07, 6.45) is 3.48. The molecule has 0 saturated carbocycles. The first kappa shape index (κ1) is 18.9. The van der Waals surface area contributed by atoms with Gasteiger partial charge >= 0.3 is 0 Å². The first-order valence-corrected chi connectivity index (χ1v) is 9.44. The molecule has 0 amide bonds. The molecule has 0 saturated heterocycles. The topological polar surface area (TPSA) is 47.0 Å². The van der Waals surface area contributed by atoms with Crippen molar-refractivity contribution >= 4 is 5.82 Å². The van der Waals surface area contributed by atoms with Gasteiger partial charge in [0.15, 0.2) is 0 Å². The van der Waals surface area contributed by atoms with E-state index >= 15 is 0 Å². The molecule has 0 aliphatic heterocycles. The number of ether oxygens (including phenoxy) is 1. The van der Waals surface area contributed by atoms with Gasteiger partial charge in [-0.05, 0) is 74.6 Å². The fraction of sp³-hybridized carbons (Fsp3) is 0.304. The normalized spacial score (nSPS) is 10.7. The lowest BCUT2D eigenvalue weighted by Gasteiger charge is -2.11. The molecule has 1 N–H and O–H groups in total. The van der Waals surface area contributed by atoms with Gasteiger partial charge in [0, 0.05) is 17.8 Å². The van der Waals surface area contributed by atoms with E-state index in [1.165, 1.54) is 16.7 Å². The van der Waals surface area contributed by atoms with Crippen LogP contribution in [0.3, 0.4) is 0 Å². The van der Waals surface area contributed by atoms with Crippen LogP contribution in [0.1, 0.15) is 34.9 Å². The number of nitrogens with one attached hydrogen (secondary N) is 1. The van der Waals surface area contributed by atoms with Crippen molar-refractivity contribution in [3.05, 3.63) is 76.7 Å². The SMILES string of the molecule is CCc1ncnc(NCCc2ccc(Oc3cc(C)cc(C)c3)cc2)c1C. The van der Waals surface area contributed by atoms with E-state index in [2.05, 4.69) is 73.3 Å². The lowest BCUT2D eigenvalue weighted by molar-refractivity contribution is 0.481. The fourth-order valence-electron chi connectivity index (χ4n) is 3.20. The molecule has 0 bridgehead atoms. The first-order valence-electron chi connectivity index (χ1n) is 9.44. The monoisotopic (exact) mass is 361 g/mol. The molecule has 140 valence electrons. The minimum atomic E-state index is 0.832. The Morgan fingerprint density at radius 1 is 0.889 bits per heavy atom. The van der Waals surface area contributed by atoms with Gasteiger partial charge in [-0.1, -0.05) is 25.1 Å². The summed E-state index contributed by atoms with van der Waals surface area (Å²) in [5.41, 5.74) is 5.91. The van der Waals surface area contributed by atoms with Crippen LogP contribution in [0.15, 0.2) is 48.8 Å². The van der Waals surface area contributed by atoms with Gasteiger partial charge in [0.2, 0.25) is 0 Å². The molecule has 3 rings (SSSR count). The average molecular weight is 361 g/mol. The number of anilines is 1. The molecule has 4 nitrogen and oxygen atoms in total. The maximum absolute atomic E-state index is 5.98. The fourth-order valence-corrected chi connectivity index (χ4v) is 3.20. The molecule has 0 spiro atoms. The lowest BCUT2D eigenvalue weighted by Crippen LogP contribution is -2.09. The van der Waals surface area contributed by atoms with Crippen LogP contribution in [0.2, 0.25) is 0 Å². The Bertz CT molecular complexity index is 884. The van der Waals surface area contributed by atoms with Gasteiger partial charge < -0.3 is 10.1 Å². The number of hydrogen-bond donors (Lipinski definition) is 1. The molecule has 0 aliphatic rings. The van der Waals surface area contributed by atoms with E-state index in [0.717, 1.165) is 48.0 Å². The van der Waals surface area contributed by atoms with Gasteiger partial charge in [-0.15, -0.1) is 0 Å². The molecule has 0 aliphatic carbocycles. The predicted molar refractivity (Wildman–Crippen MR) is 111 cm³/mol. The Hall–Kier alpha value is -2.88. The zero-order chi connectivity index (χ0) is 19.2. The van der Waals surface area contributed by atoms with Crippen LogP contribution in [-0.2, 0) is 12.8 Å². The van der Waals surface area contributed by atoms with E-state index in [1.54, 1.807) is 6.33 Å². The van der Waals surface area contributed by atoms with Crippen molar-refractivity contribution in [2.75, 3.05) is 11.9 Å². The van der Waals surface area contributed by atoms with E-state index in [1.807, 2.05) is 12.1 Å². The summed E-state index contributed by atoms with van der Waals surface area (Å²) in [5, 5.41) is 3.42. The predicted octanol–water partition coefficient (Wildman–Crippen LogP) is 5.41. The Morgan fingerprint density at radius 3 is 2.26 bits per heavy atom. The quantitative estimate of drug-likeness (QED) is 0.611. The molecule has 3 aromatic rings. The molecule has 27 heavy (non-hydrogen) atoms. The highest BCUT2D eigenvalue weighted by atomic mass is 16.5. The number of hydrogen-bond acceptors (Lipinski definition) is 4. The molecule has 1 aromatic heterocycles. The lowest BCUT2D eigenvalue weighted by atomic mass is 10.1. The van der Waals surface area contributed by atoms with Crippen LogP contribution in [0.5, 0.6) is 11.5 Å². The summed E-state index contributed by atoms with van der Waals surface area (Å²) in [6.45, 7) is 9.18. The molecule has 0 unspecified atom stereocenters. The van der Waals surface area contributed by atoms with Crippen molar-refractivity contribution in [3.8, 4) is 11.5 Å². The van der Waals surface area contributed by atoms with Crippen LogP contribution < -0.4 is 10.1 Å². The van der Waals surface area contributed by atoms with Crippen molar-refractivity contribution < 1.29 is 4.74 Å². The van der Waals surface area contributed by atoms with Crippen molar-refractivity contribution in [1.29, 1.82) is 0 Å². The molecular formula is C23H27N3O. The van der Waals surface area contributed by atoms with Crippen LogP contribution in [-0.4, -0.2) is 16.5 Å². The Kier molecular flexibility index (Phi) is 6.07. The third-order valence-corrected chi connectivity index (χ3v) is 4.58. The Balaban J connectivity index is 1.56. The molecular weight excluding hydrogens is 334 g/mol. The van der Waals surface area contributed by atoms with Crippen LogP contribution >= 0.6 is 0 Å². The zero-order valence-electron chi connectivity index (χ0n) is 16.5. The Labute approximate surface area is 161 Å². The van der Waals surface area contributed by atoms with Crippen molar-refractivity contribution in [2.24, 2.45) is 0 Å². The second-order valence-corrected chi connectivity index (χ2v) is 6.89. The molecule has 1 heterocycles. The van der Waals surface area contributed by atoms with Crippen LogP contribution in [0.4, 0.5) is 5.82 Å². The Morgan fingerprint density at radius 2 is 1.59 bits per heavy atom. The largest absolute Gasteiger partial charge is 0.457 e. The molecule has 4 heteroatoms. The summed E-state index contributed by atoms with van der Waals surface area (Å²) in [4.78, 5) is 8.66. The minimum Gasteiger partial charge on any atom is -0.457 e. The van der Waals surface area contributed by atoms with Crippen molar-refractivity contribution in [1.82, 2.24) is 9.97 Å². The van der Waals surface area contributed by atoms with E-state index < -0.39 is 0 Å². The molecule has 0 fully saturated rings. The molecule has 0 radical (unpaired) electrons. The maximum atomic E-state index is 5.98. The standard InChI is InChI=1S/C23H27N3O/c1-5-22-18(4)23(26-15-25-22)24-11-10-19-6-8-20(9-7-19)27-21-13-16(2)12-17(3)14-21/h6-9,12-15H,5,10-11H2,1-4H3,(H,24,25,26). The molecule has 0 atom stereocenters. The zero-order valence-corrected chi connectivity index (χ0v) is 16.5. The van der Waals surface area contributed by atoms with Gasteiger partial charge in [-0.2, -0.15) is 0 Å². The number of aryl methyl sites for hydroxylation is 3. The van der Waals surface area contributed by atoms with E-state index in [0.29, 0.717) is 0 Å². The highest BCUT2D eigenvalue weighted by Gasteiger charge is 2.05. The van der Waals surface area contributed by atoms with E-state index in [4.69, 9.17) is 4.74 Å². The second-order valence-electron chi connectivity index (χ2n) is 6.89. The molecule has 2 aromatic carbocycles. The van der Waals surface area contributed by atoms with Gasteiger partial charge in [0.25, 0.3) is 0 Å². The van der Waals surface area contributed by atoms with Gasteiger partial charge in [-0.25, -0.2) is 9.97 Å². The summed E-state index contributed by atoms with van der Waals surface area (Å²) in [7, 11) is 0. The van der Waals surface area contributed by atoms with Crippen molar-refractivity contribution in [2.45, 2.75) is 40.5 Å². The summed E-state index contributed by atoms with van der Waals surface area (Å²) >= 11 is 0. The van der Waals surface area contributed by atoms with Gasteiger partial charge in [-0.3, -0.25) is 0 Å². The second kappa shape index (κ2) is 8.67. The average Bonchev–Trinajstić information content (AvgIpc) is 2.64. The third-order valence-electron chi connectivity index (χ3n) is 4.58. The number of aromatic nitrogens is 2. The maximum Gasteiger partial charge on any atom is 0.132 e. The highest BCUT2D eigenvalue weighted by molar-refractivity contribution is 5.45. The number of benzene rings is 2. The first-order chi connectivity index (χ1) is 13.0. The summed E-state index contributed by atoms with van der Waals surface area (Å²) in [5.74, 6) is 2.67. The van der Waals surface area contributed by atoms with Crippen LogP contribution in [0, 0.1) is 20.8 Å². The van der Waals surface area contributed by atoms with E-state index in [-0.39, 0.29) is 0 Å². The number of nitrogens with zero attached hydrogens (tertiary/aromatic N) is 2.